The normalized spacial score (nSPS) is 24.4. The molecule has 2 aliphatic heterocycles. The highest BCUT2D eigenvalue weighted by molar-refractivity contribution is 6.31. The Morgan fingerprint density at radius 3 is 2.34 bits per heavy atom. The predicted molar refractivity (Wildman–Crippen MR) is 153 cm³/mol. The van der Waals surface area contributed by atoms with Crippen molar-refractivity contribution in [2.45, 2.75) is 46.3 Å². The molecule has 5 rings (SSSR count). The van der Waals surface area contributed by atoms with Crippen molar-refractivity contribution >= 4 is 35.6 Å². The van der Waals surface area contributed by atoms with E-state index in [1.165, 1.54) is 0 Å². The average molecular weight is 559 g/mol. The first-order valence-corrected chi connectivity index (χ1v) is 13.5. The fourth-order valence-corrected chi connectivity index (χ4v) is 6.91. The maximum Gasteiger partial charge on any atom is 0.164 e. The van der Waals surface area contributed by atoms with E-state index < -0.39 is 0 Å². The summed E-state index contributed by atoms with van der Waals surface area (Å²) in [5.41, 5.74) is 0.681. The second-order valence-electron chi connectivity index (χ2n) is 11.8. The van der Waals surface area contributed by atoms with Gasteiger partial charge in [0.1, 0.15) is 23.7 Å². The van der Waals surface area contributed by atoms with Gasteiger partial charge in [-0.05, 0) is 30.2 Å². The van der Waals surface area contributed by atoms with Gasteiger partial charge in [-0.15, -0.1) is 12.4 Å². The summed E-state index contributed by atoms with van der Waals surface area (Å²) >= 11 is 6.21. The lowest BCUT2D eigenvalue weighted by atomic mass is 9.44. The largest absolute Gasteiger partial charge is 0.489 e. The first kappa shape index (κ1) is 28.6. The first-order chi connectivity index (χ1) is 17.6. The number of benzene rings is 1. The van der Waals surface area contributed by atoms with E-state index in [4.69, 9.17) is 21.6 Å². The Labute approximate surface area is 236 Å². The van der Waals surface area contributed by atoms with Crippen LogP contribution >= 0.6 is 24.0 Å². The average Bonchev–Trinajstić information content (AvgIpc) is 2.85. The van der Waals surface area contributed by atoms with Crippen LogP contribution in [0.15, 0.2) is 36.5 Å². The van der Waals surface area contributed by atoms with Gasteiger partial charge in [0.25, 0.3) is 0 Å². The van der Waals surface area contributed by atoms with Gasteiger partial charge in [-0.25, -0.2) is 4.98 Å². The Morgan fingerprint density at radius 1 is 1.13 bits per heavy atom. The van der Waals surface area contributed by atoms with Crippen molar-refractivity contribution < 1.29 is 9.53 Å². The molecule has 2 saturated heterocycles. The van der Waals surface area contributed by atoms with E-state index in [0.717, 1.165) is 45.1 Å². The summed E-state index contributed by atoms with van der Waals surface area (Å²) in [5.74, 6) is 1.86. The van der Waals surface area contributed by atoms with E-state index in [2.05, 4.69) is 53.9 Å². The number of carbonyl (C=O) groups is 1. The molecule has 0 bridgehead atoms. The lowest BCUT2D eigenvalue weighted by Gasteiger charge is -2.63. The van der Waals surface area contributed by atoms with E-state index in [9.17, 15) is 4.79 Å². The van der Waals surface area contributed by atoms with Crippen molar-refractivity contribution in [3.05, 3.63) is 52.7 Å². The van der Waals surface area contributed by atoms with E-state index in [1.54, 1.807) is 24.4 Å². The lowest BCUT2D eigenvalue weighted by molar-refractivity contribution is -0.196. The van der Waals surface area contributed by atoms with Crippen LogP contribution in [0, 0.1) is 28.1 Å². The number of anilines is 1. The quantitative estimate of drug-likeness (QED) is 0.488. The number of pyridine rings is 1. The Kier molecular flexibility index (Phi) is 8.30. The van der Waals surface area contributed by atoms with E-state index in [-0.39, 0.29) is 41.0 Å². The first-order valence-electron chi connectivity index (χ1n) is 13.2. The van der Waals surface area contributed by atoms with Crippen molar-refractivity contribution in [2.75, 3.05) is 44.2 Å². The number of aromatic nitrogens is 1. The number of halogens is 2. The Balaban J connectivity index is 0.00000336. The van der Waals surface area contributed by atoms with Crippen molar-refractivity contribution in [3.8, 4) is 11.8 Å². The minimum atomic E-state index is -0.206. The number of nitrogens with one attached hydrogen (secondary N) is 1. The van der Waals surface area contributed by atoms with Gasteiger partial charge in [0.05, 0.1) is 10.6 Å². The SMILES string of the molecule is CC1(C)C(CC(=O)c2ccc(N3CCN(C4CNC4)CC3)nc2)C(C)(C)C1Oc1ccc(C#N)c(Cl)c1.Cl. The van der Waals surface area contributed by atoms with Crippen LogP contribution in [0.3, 0.4) is 0 Å². The second kappa shape index (κ2) is 11.0. The van der Waals surface area contributed by atoms with E-state index >= 15 is 0 Å². The Bertz CT molecular complexity index is 1180. The highest BCUT2D eigenvalue weighted by Gasteiger charge is 2.63. The van der Waals surface area contributed by atoms with Crippen molar-refractivity contribution in [2.24, 2.45) is 16.7 Å². The van der Waals surface area contributed by atoms with Crippen molar-refractivity contribution in [1.29, 1.82) is 5.26 Å². The van der Waals surface area contributed by atoms with Crippen LogP contribution in [0.25, 0.3) is 0 Å². The van der Waals surface area contributed by atoms with Gasteiger partial charge >= 0.3 is 0 Å². The van der Waals surface area contributed by atoms with Crippen LogP contribution in [0.1, 0.15) is 50.0 Å². The molecule has 0 atom stereocenters. The summed E-state index contributed by atoms with van der Waals surface area (Å²) in [6.07, 6.45) is 2.10. The zero-order chi connectivity index (χ0) is 26.4. The standard InChI is InChI=1S/C29H36ClN5O2.ClH/c1-28(2)25(29(3,4)27(28)37-22-7-5-19(15-31)23(30)13-22)14-24(36)20-6-8-26(33-16-20)35-11-9-34(10-12-35)21-17-32-18-21;/h5-8,13,16,21,25,27,32H,9-12,14,17-18H2,1-4H3;1H. The summed E-state index contributed by atoms with van der Waals surface area (Å²) in [6, 6.07) is 11.8. The minimum Gasteiger partial charge on any atom is -0.489 e. The van der Waals surface area contributed by atoms with Crippen LogP contribution in [0.2, 0.25) is 5.02 Å². The maximum atomic E-state index is 13.3. The predicted octanol–water partition coefficient (Wildman–Crippen LogP) is 4.82. The van der Waals surface area contributed by atoms with Gasteiger partial charge in [-0.3, -0.25) is 9.69 Å². The molecule has 1 aromatic heterocycles. The number of nitriles is 1. The smallest absolute Gasteiger partial charge is 0.164 e. The van der Waals surface area contributed by atoms with Gasteiger partial charge in [0, 0.05) is 80.4 Å². The Hall–Kier alpha value is -2.37. The number of ketones is 1. The molecular formula is C29H37Cl2N5O2. The monoisotopic (exact) mass is 557 g/mol. The van der Waals surface area contributed by atoms with Gasteiger partial charge in [-0.2, -0.15) is 5.26 Å². The lowest BCUT2D eigenvalue weighted by Crippen LogP contribution is -2.66. The topological polar surface area (TPSA) is 81.5 Å². The molecule has 0 spiro atoms. The number of hydrogen-bond acceptors (Lipinski definition) is 7. The number of carbonyl (C=O) groups excluding carboxylic acids is 1. The molecule has 1 saturated carbocycles. The van der Waals surface area contributed by atoms with Crippen molar-refractivity contribution in [1.82, 2.24) is 15.2 Å². The van der Waals surface area contributed by atoms with E-state index in [0.29, 0.717) is 34.4 Å². The zero-order valence-electron chi connectivity index (χ0n) is 22.5. The van der Waals surface area contributed by atoms with Gasteiger partial charge in [-0.1, -0.05) is 39.3 Å². The number of ether oxygens (including phenoxy) is 1. The molecule has 3 fully saturated rings. The van der Waals surface area contributed by atoms with Crippen molar-refractivity contribution in [3.63, 3.8) is 0 Å². The summed E-state index contributed by atoms with van der Waals surface area (Å²) in [7, 11) is 0. The van der Waals surface area contributed by atoms with Crippen LogP contribution in [-0.4, -0.2) is 67.1 Å². The number of rotatable bonds is 7. The van der Waals surface area contributed by atoms with Gasteiger partial charge < -0.3 is 15.0 Å². The molecule has 9 heteroatoms. The highest BCUT2D eigenvalue weighted by atomic mass is 35.5. The molecule has 0 amide bonds. The molecule has 204 valence electrons. The van der Waals surface area contributed by atoms with Crippen LogP contribution < -0.4 is 15.0 Å². The van der Waals surface area contributed by atoms with E-state index in [1.807, 2.05) is 12.1 Å². The molecule has 3 heterocycles. The number of nitrogens with zero attached hydrogens (tertiary/aromatic N) is 4. The zero-order valence-corrected chi connectivity index (χ0v) is 24.1. The molecule has 38 heavy (non-hydrogen) atoms. The van der Waals surface area contributed by atoms with Gasteiger partial charge in [0.2, 0.25) is 0 Å². The molecule has 2 aromatic rings. The molecule has 3 aliphatic rings. The van der Waals surface area contributed by atoms with Crippen LogP contribution in [0.4, 0.5) is 5.82 Å². The summed E-state index contributed by atoms with van der Waals surface area (Å²) < 4.78 is 6.36. The molecule has 7 nitrogen and oxygen atoms in total. The molecule has 1 aromatic carbocycles. The fourth-order valence-electron chi connectivity index (χ4n) is 6.70. The third kappa shape index (κ3) is 5.24. The highest BCUT2D eigenvalue weighted by Crippen LogP contribution is 2.61. The third-order valence-electron chi connectivity index (χ3n) is 8.84. The minimum absolute atomic E-state index is 0. The maximum absolute atomic E-state index is 13.3. The Morgan fingerprint density at radius 2 is 1.82 bits per heavy atom. The molecular weight excluding hydrogens is 521 g/mol. The fraction of sp³-hybridized carbons (Fsp3) is 0.552. The third-order valence-corrected chi connectivity index (χ3v) is 9.15. The molecule has 1 N–H and O–H groups in total. The van der Waals surface area contributed by atoms with Gasteiger partial charge in [0.15, 0.2) is 5.78 Å². The number of hydrogen-bond donors (Lipinski definition) is 1. The van der Waals surface area contributed by atoms with Crippen LogP contribution in [0.5, 0.6) is 5.75 Å². The summed E-state index contributed by atoms with van der Waals surface area (Å²) in [6.45, 7) is 14.9. The second-order valence-corrected chi connectivity index (χ2v) is 12.2. The number of piperazine rings is 1. The summed E-state index contributed by atoms with van der Waals surface area (Å²) in [4.78, 5) is 22.8. The summed E-state index contributed by atoms with van der Waals surface area (Å²) in [5, 5.41) is 12.9. The number of Topliss-reactive ketones (excluding diaryl/α,β-unsaturated/α-hetero) is 1. The van der Waals surface area contributed by atoms with Crippen LogP contribution in [-0.2, 0) is 0 Å². The molecule has 0 unspecified atom stereocenters. The molecule has 0 radical (unpaired) electrons. The molecule has 1 aliphatic carbocycles.